The van der Waals surface area contributed by atoms with E-state index in [1.54, 1.807) is 17.0 Å². The van der Waals surface area contributed by atoms with Crippen LogP contribution in [0.2, 0.25) is 0 Å². The molecule has 6 nitrogen and oxygen atoms in total. The number of sulfonamides is 1. The third-order valence-corrected chi connectivity index (χ3v) is 6.63. The molecule has 0 radical (unpaired) electrons. The Kier molecular flexibility index (Phi) is 6.47. The maximum Gasteiger partial charge on any atom is 0.240 e. The second-order valence-corrected chi connectivity index (χ2v) is 9.84. The first kappa shape index (κ1) is 20.9. The minimum Gasteiger partial charge on any atom is -0.342 e. The van der Waals surface area contributed by atoms with Gasteiger partial charge in [-0.05, 0) is 35.4 Å². The molecule has 1 fully saturated rings. The number of carbonyl (C=O) groups is 1. The zero-order valence-electron chi connectivity index (χ0n) is 16.2. The van der Waals surface area contributed by atoms with Crippen LogP contribution in [0.25, 0.3) is 0 Å². The molecule has 0 saturated carbocycles. The maximum atomic E-state index is 12.4. The Labute approximate surface area is 157 Å². The molecule has 0 bridgehead atoms. The second kappa shape index (κ2) is 8.06. The van der Waals surface area contributed by atoms with Crippen LogP contribution in [0.5, 0.6) is 0 Å². The summed E-state index contributed by atoms with van der Waals surface area (Å²) in [5.41, 5.74) is 7.06. The normalized spacial score (nSPS) is 20.4. The summed E-state index contributed by atoms with van der Waals surface area (Å²) in [6, 6.07) is 6.94. The standard InChI is InChI=1S/C19H31N3O3S/c1-14(2)15-5-7-16(8-6-15)26(24,25)21-11-9-18(23)22-12-10-17(20)19(3,4)13-22/h5-8,14,17,21H,9-13,20H2,1-4H3. The molecule has 1 aliphatic rings. The van der Waals surface area contributed by atoms with Gasteiger partial charge in [-0.3, -0.25) is 4.79 Å². The molecule has 146 valence electrons. The monoisotopic (exact) mass is 381 g/mol. The topological polar surface area (TPSA) is 92.5 Å². The fraction of sp³-hybridized carbons (Fsp3) is 0.632. The highest BCUT2D eigenvalue weighted by atomic mass is 32.2. The fourth-order valence-electron chi connectivity index (χ4n) is 3.15. The highest BCUT2D eigenvalue weighted by Crippen LogP contribution is 2.27. The van der Waals surface area contributed by atoms with Crippen molar-refractivity contribution in [2.45, 2.75) is 57.4 Å². The summed E-state index contributed by atoms with van der Waals surface area (Å²) in [6.45, 7) is 9.56. The van der Waals surface area contributed by atoms with Gasteiger partial charge in [-0.2, -0.15) is 0 Å². The van der Waals surface area contributed by atoms with Gasteiger partial charge < -0.3 is 10.6 Å². The largest absolute Gasteiger partial charge is 0.342 e. The molecule has 2 rings (SSSR count). The average molecular weight is 382 g/mol. The second-order valence-electron chi connectivity index (χ2n) is 8.07. The van der Waals surface area contributed by atoms with Gasteiger partial charge in [-0.1, -0.05) is 39.8 Å². The smallest absolute Gasteiger partial charge is 0.240 e. The SMILES string of the molecule is CC(C)c1ccc(S(=O)(=O)NCCC(=O)N2CCC(N)C(C)(C)C2)cc1. The molecule has 1 aliphatic heterocycles. The lowest BCUT2D eigenvalue weighted by Crippen LogP contribution is -2.54. The Morgan fingerprint density at radius 3 is 2.46 bits per heavy atom. The van der Waals surface area contributed by atoms with Crippen molar-refractivity contribution in [3.8, 4) is 0 Å². The zero-order chi connectivity index (χ0) is 19.5. The predicted molar refractivity (Wildman–Crippen MR) is 103 cm³/mol. The van der Waals surface area contributed by atoms with E-state index < -0.39 is 10.0 Å². The summed E-state index contributed by atoms with van der Waals surface area (Å²) in [5.74, 6) is 0.307. The number of nitrogens with one attached hydrogen (secondary N) is 1. The molecular formula is C19H31N3O3S. The summed E-state index contributed by atoms with van der Waals surface area (Å²) in [4.78, 5) is 14.4. The molecule has 3 N–H and O–H groups in total. The van der Waals surface area contributed by atoms with E-state index in [1.807, 2.05) is 12.1 Å². The molecular weight excluding hydrogens is 350 g/mol. The molecule has 1 unspecified atom stereocenters. The van der Waals surface area contributed by atoms with Gasteiger partial charge in [0.15, 0.2) is 0 Å². The van der Waals surface area contributed by atoms with Gasteiger partial charge in [0, 0.05) is 32.1 Å². The van der Waals surface area contributed by atoms with Crippen molar-refractivity contribution in [2.24, 2.45) is 11.1 Å². The van der Waals surface area contributed by atoms with E-state index >= 15 is 0 Å². The molecule has 1 saturated heterocycles. The van der Waals surface area contributed by atoms with Crippen molar-refractivity contribution < 1.29 is 13.2 Å². The van der Waals surface area contributed by atoms with E-state index in [9.17, 15) is 13.2 Å². The number of likely N-dealkylation sites (tertiary alicyclic amines) is 1. The number of nitrogens with zero attached hydrogens (tertiary/aromatic N) is 1. The molecule has 1 amide bonds. The number of amides is 1. The van der Waals surface area contributed by atoms with Crippen LogP contribution in [0.4, 0.5) is 0 Å². The van der Waals surface area contributed by atoms with Gasteiger partial charge >= 0.3 is 0 Å². The van der Waals surface area contributed by atoms with E-state index in [2.05, 4.69) is 32.4 Å². The first-order chi connectivity index (χ1) is 12.0. The summed E-state index contributed by atoms with van der Waals surface area (Å²) < 4.78 is 27.3. The van der Waals surface area contributed by atoms with Gasteiger partial charge in [0.2, 0.25) is 15.9 Å². The Balaban J connectivity index is 1.89. The predicted octanol–water partition coefficient (Wildman–Crippen LogP) is 2.06. The molecule has 26 heavy (non-hydrogen) atoms. The molecule has 1 heterocycles. The number of hydrogen-bond donors (Lipinski definition) is 2. The fourth-order valence-corrected chi connectivity index (χ4v) is 4.18. The lowest BCUT2D eigenvalue weighted by Gasteiger charge is -2.42. The third kappa shape index (κ3) is 5.05. The molecule has 1 aromatic carbocycles. The van der Waals surface area contributed by atoms with Crippen LogP contribution < -0.4 is 10.5 Å². The van der Waals surface area contributed by atoms with E-state index in [-0.39, 0.29) is 35.2 Å². The number of nitrogens with two attached hydrogens (primary N) is 1. The first-order valence-corrected chi connectivity index (χ1v) is 10.6. The van der Waals surface area contributed by atoms with Gasteiger partial charge in [0.25, 0.3) is 0 Å². The highest BCUT2D eigenvalue weighted by molar-refractivity contribution is 7.89. The number of rotatable bonds is 6. The molecule has 0 spiro atoms. The Morgan fingerprint density at radius 1 is 1.31 bits per heavy atom. The lowest BCUT2D eigenvalue weighted by molar-refractivity contribution is -0.134. The van der Waals surface area contributed by atoms with Crippen LogP contribution in [-0.4, -0.2) is 44.9 Å². The van der Waals surface area contributed by atoms with Gasteiger partial charge in [-0.15, -0.1) is 0 Å². The van der Waals surface area contributed by atoms with Crippen molar-refractivity contribution in [1.29, 1.82) is 0 Å². The van der Waals surface area contributed by atoms with Crippen LogP contribution in [0.1, 0.15) is 52.0 Å². The molecule has 0 aromatic heterocycles. The van der Waals surface area contributed by atoms with Crippen LogP contribution in [-0.2, 0) is 14.8 Å². The number of benzene rings is 1. The third-order valence-electron chi connectivity index (χ3n) is 5.15. The zero-order valence-corrected chi connectivity index (χ0v) is 17.0. The van der Waals surface area contributed by atoms with Gasteiger partial charge in [-0.25, -0.2) is 13.1 Å². The summed E-state index contributed by atoms with van der Waals surface area (Å²) in [6.07, 6.45) is 0.918. The average Bonchev–Trinajstić information content (AvgIpc) is 2.57. The maximum absolute atomic E-state index is 12.4. The molecule has 0 aliphatic carbocycles. The van der Waals surface area contributed by atoms with Crippen molar-refractivity contribution >= 4 is 15.9 Å². The van der Waals surface area contributed by atoms with Gasteiger partial charge in [0.1, 0.15) is 0 Å². The summed E-state index contributed by atoms with van der Waals surface area (Å²) >= 11 is 0. The minimum absolute atomic E-state index is 0.0390. The number of carbonyl (C=O) groups excluding carboxylic acids is 1. The Hall–Kier alpha value is -1.44. The van der Waals surface area contributed by atoms with Crippen molar-refractivity contribution in [3.63, 3.8) is 0 Å². The van der Waals surface area contributed by atoms with Crippen LogP contribution in [0, 0.1) is 5.41 Å². The van der Waals surface area contributed by atoms with Crippen molar-refractivity contribution in [3.05, 3.63) is 29.8 Å². The Morgan fingerprint density at radius 2 is 1.92 bits per heavy atom. The van der Waals surface area contributed by atoms with Crippen LogP contribution in [0.15, 0.2) is 29.2 Å². The van der Waals surface area contributed by atoms with Crippen molar-refractivity contribution in [1.82, 2.24) is 9.62 Å². The van der Waals surface area contributed by atoms with Gasteiger partial charge in [0.05, 0.1) is 4.90 Å². The summed E-state index contributed by atoms with van der Waals surface area (Å²) in [7, 11) is -3.60. The lowest BCUT2D eigenvalue weighted by atomic mass is 9.79. The van der Waals surface area contributed by atoms with E-state index in [4.69, 9.17) is 5.73 Å². The van der Waals surface area contributed by atoms with E-state index in [1.165, 1.54) is 0 Å². The van der Waals surface area contributed by atoms with E-state index in [0.717, 1.165) is 12.0 Å². The van der Waals surface area contributed by atoms with Crippen LogP contribution in [0.3, 0.4) is 0 Å². The first-order valence-electron chi connectivity index (χ1n) is 9.16. The number of piperidine rings is 1. The molecule has 1 atom stereocenters. The highest BCUT2D eigenvalue weighted by Gasteiger charge is 2.35. The summed E-state index contributed by atoms with van der Waals surface area (Å²) in [5, 5.41) is 0. The molecule has 1 aromatic rings. The van der Waals surface area contributed by atoms with E-state index in [0.29, 0.717) is 19.0 Å². The minimum atomic E-state index is -3.60. The number of hydrogen-bond acceptors (Lipinski definition) is 4. The van der Waals surface area contributed by atoms with Crippen LogP contribution >= 0.6 is 0 Å². The quantitative estimate of drug-likeness (QED) is 0.789. The molecule has 7 heteroatoms. The Bertz CT molecular complexity index is 727. The van der Waals surface area contributed by atoms with Crippen molar-refractivity contribution in [2.75, 3.05) is 19.6 Å².